The third kappa shape index (κ3) is 6.73. The molecule has 1 aromatic rings. The Balaban J connectivity index is 2.43. The maximum atomic E-state index is 11.9. The minimum Gasteiger partial charge on any atom is -0.469 e. The zero-order chi connectivity index (χ0) is 15.8. The van der Waals surface area contributed by atoms with Crippen molar-refractivity contribution in [1.82, 2.24) is 10.2 Å². The Morgan fingerprint density at radius 1 is 1.38 bits per heavy atom. The van der Waals surface area contributed by atoms with Gasteiger partial charge in [0.1, 0.15) is 0 Å². The predicted molar refractivity (Wildman–Crippen MR) is 84.2 cm³/mol. The van der Waals surface area contributed by atoms with Crippen LogP contribution in [0.2, 0.25) is 0 Å². The van der Waals surface area contributed by atoms with Crippen LogP contribution in [0.25, 0.3) is 0 Å². The van der Waals surface area contributed by atoms with E-state index < -0.39 is 0 Å². The molecule has 0 radical (unpaired) electrons. The van der Waals surface area contributed by atoms with Crippen molar-refractivity contribution in [1.29, 1.82) is 0 Å². The molecule has 0 bridgehead atoms. The van der Waals surface area contributed by atoms with Crippen LogP contribution in [0.15, 0.2) is 12.1 Å². The minimum atomic E-state index is -0.315. The summed E-state index contributed by atoms with van der Waals surface area (Å²) in [4.78, 5) is 27.5. The Bertz CT molecular complexity index is 471. The molecule has 1 aromatic heterocycles. The number of carbonyl (C=O) groups is 2. The molecule has 0 saturated heterocycles. The number of hydrogen-bond acceptors (Lipinski definition) is 5. The molecular formula is C15H24N2O3S. The molecule has 5 nitrogen and oxygen atoms in total. The summed E-state index contributed by atoms with van der Waals surface area (Å²) in [5.74, 6) is -0.383. The normalized spacial score (nSPS) is 11.0. The quantitative estimate of drug-likeness (QED) is 0.745. The minimum absolute atomic E-state index is 0.0686. The van der Waals surface area contributed by atoms with Crippen LogP contribution >= 0.6 is 11.3 Å². The molecule has 0 spiro atoms. The Labute approximate surface area is 130 Å². The lowest BCUT2D eigenvalue weighted by Crippen LogP contribution is -2.40. The van der Waals surface area contributed by atoms with E-state index in [0.717, 1.165) is 6.54 Å². The second-order valence-corrected chi connectivity index (χ2v) is 6.56. The average molecular weight is 312 g/mol. The molecule has 1 heterocycles. The molecular weight excluding hydrogens is 288 g/mol. The summed E-state index contributed by atoms with van der Waals surface area (Å²) < 4.78 is 4.53. The van der Waals surface area contributed by atoms with Crippen molar-refractivity contribution < 1.29 is 14.3 Å². The summed E-state index contributed by atoms with van der Waals surface area (Å²) in [6, 6.07) is 4.47. The van der Waals surface area contributed by atoms with E-state index in [1.165, 1.54) is 16.9 Å². The van der Waals surface area contributed by atoms with Crippen LogP contribution in [0.5, 0.6) is 0 Å². The van der Waals surface area contributed by atoms with Crippen molar-refractivity contribution in [3.63, 3.8) is 0 Å². The predicted octanol–water partition coefficient (Wildman–Crippen LogP) is 1.95. The number of carbonyl (C=O) groups excluding carboxylic acids is 2. The molecule has 118 valence electrons. The summed E-state index contributed by atoms with van der Waals surface area (Å²) in [5, 5.41) is 2.75. The van der Waals surface area contributed by atoms with Crippen molar-refractivity contribution in [2.75, 3.05) is 20.2 Å². The number of aryl methyl sites for hydroxylation is 1. The molecule has 0 fully saturated rings. The monoisotopic (exact) mass is 312 g/mol. The van der Waals surface area contributed by atoms with E-state index in [1.807, 2.05) is 0 Å². The van der Waals surface area contributed by atoms with Crippen LogP contribution in [-0.4, -0.2) is 43.0 Å². The molecule has 0 aliphatic carbocycles. The molecule has 0 aromatic carbocycles. The van der Waals surface area contributed by atoms with Crippen molar-refractivity contribution in [2.24, 2.45) is 0 Å². The van der Waals surface area contributed by atoms with Gasteiger partial charge in [0.05, 0.1) is 20.1 Å². The number of rotatable bonds is 8. The van der Waals surface area contributed by atoms with Crippen LogP contribution in [0.3, 0.4) is 0 Å². The molecule has 0 atom stereocenters. The van der Waals surface area contributed by atoms with Crippen LogP contribution in [0, 0.1) is 6.92 Å². The molecule has 6 heteroatoms. The number of thiophene rings is 1. The third-order valence-electron chi connectivity index (χ3n) is 3.11. The van der Waals surface area contributed by atoms with Crippen molar-refractivity contribution in [2.45, 2.75) is 39.8 Å². The standard InChI is InChI=1S/C15H24N2O3S/c1-11(2)17(9-13-6-5-12(3)21-13)10-14(18)16-8-7-15(19)20-4/h5-6,11H,7-10H2,1-4H3,(H,16,18). The Kier molecular flexibility index (Phi) is 7.39. The summed E-state index contributed by atoms with van der Waals surface area (Å²) in [6.45, 7) is 7.63. The Morgan fingerprint density at radius 3 is 2.62 bits per heavy atom. The van der Waals surface area contributed by atoms with Crippen LogP contribution in [0.4, 0.5) is 0 Å². The molecule has 0 unspecified atom stereocenters. The van der Waals surface area contributed by atoms with Gasteiger partial charge in [0.15, 0.2) is 0 Å². The van der Waals surface area contributed by atoms with Gasteiger partial charge >= 0.3 is 5.97 Å². The summed E-state index contributed by atoms with van der Waals surface area (Å²) in [7, 11) is 1.34. The number of nitrogens with one attached hydrogen (secondary N) is 1. The molecule has 1 amide bonds. The lowest BCUT2D eigenvalue weighted by Gasteiger charge is -2.25. The fourth-order valence-electron chi connectivity index (χ4n) is 1.84. The lowest BCUT2D eigenvalue weighted by molar-refractivity contribution is -0.140. The highest BCUT2D eigenvalue weighted by Crippen LogP contribution is 2.18. The highest BCUT2D eigenvalue weighted by atomic mass is 32.1. The fraction of sp³-hybridized carbons (Fsp3) is 0.600. The van der Waals surface area contributed by atoms with Crippen molar-refractivity contribution in [3.05, 3.63) is 21.9 Å². The summed E-state index contributed by atoms with van der Waals surface area (Å²) in [5.41, 5.74) is 0. The van der Waals surface area contributed by atoms with E-state index in [4.69, 9.17) is 0 Å². The number of amides is 1. The van der Waals surface area contributed by atoms with Gasteiger partial charge in [-0.25, -0.2) is 0 Å². The van der Waals surface area contributed by atoms with E-state index in [-0.39, 0.29) is 24.3 Å². The Hall–Kier alpha value is -1.40. The number of hydrogen-bond donors (Lipinski definition) is 1. The molecule has 0 saturated carbocycles. The van der Waals surface area contributed by atoms with Gasteiger partial charge in [0.2, 0.25) is 5.91 Å². The van der Waals surface area contributed by atoms with Crippen molar-refractivity contribution >= 4 is 23.2 Å². The molecule has 0 aliphatic heterocycles. The first-order valence-corrected chi connectivity index (χ1v) is 7.87. The van der Waals surface area contributed by atoms with E-state index in [1.54, 1.807) is 11.3 Å². The van der Waals surface area contributed by atoms with Crippen LogP contribution in [0.1, 0.15) is 30.0 Å². The van der Waals surface area contributed by atoms with E-state index in [2.05, 4.69) is 47.9 Å². The fourth-order valence-corrected chi connectivity index (χ4v) is 2.75. The molecule has 1 N–H and O–H groups in total. The Morgan fingerprint density at radius 2 is 2.10 bits per heavy atom. The largest absolute Gasteiger partial charge is 0.469 e. The van der Waals surface area contributed by atoms with Gasteiger partial charge in [0.25, 0.3) is 0 Å². The van der Waals surface area contributed by atoms with Gasteiger partial charge in [-0.2, -0.15) is 0 Å². The topological polar surface area (TPSA) is 58.6 Å². The molecule has 1 rings (SSSR count). The van der Waals surface area contributed by atoms with Gasteiger partial charge in [0, 0.05) is 28.9 Å². The third-order valence-corrected chi connectivity index (χ3v) is 4.10. The lowest BCUT2D eigenvalue weighted by atomic mass is 10.3. The van der Waals surface area contributed by atoms with Gasteiger partial charge in [-0.1, -0.05) is 0 Å². The first kappa shape index (κ1) is 17.7. The second kappa shape index (κ2) is 8.79. The maximum Gasteiger partial charge on any atom is 0.307 e. The first-order chi connectivity index (χ1) is 9.92. The number of ether oxygens (including phenoxy) is 1. The van der Waals surface area contributed by atoms with E-state index in [9.17, 15) is 9.59 Å². The van der Waals surface area contributed by atoms with E-state index >= 15 is 0 Å². The van der Waals surface area contributed by atoms with Gasteiger partial charge in [-0.15, -0.1) is 11.3 Å². The smallest absolute Gasteiger partial charge is 0.307 e. The zero-order valence-electron chi connectivity index (χ0n) is 13.1. The maximum absolute atomic E-state index is 11.9. The highest BCUT2D eigenvalue weighted by Gasteiger charge is 2.15. The molecule has 0 aliphatic rings. The van der Waals surface area contributed by atoms with Gasteiger partial charge in [-0.3, -0.25) is 14.5 Å². The van der Waals surface area contributed by atoms with Gasteiger partial charge < -0.3 is 10.1 Å². The second-order valence-electron chi connectivity index (χ2n) is 5.19. The number of methoxy groups -OCH3 is 1. The van der Waals surface area contributed by atoms with Crippen molar-refractivity contribution in [3.8, 4) is 0 Å². The average Bonchev–Trinajstić information content (AvgIpc) is 2.83. The van der Waals surface area contributed by atoms with Gasteiger partial charge in [-0.05, 0) is 32.9 Å². The molecule has 21 heavy (non-hydrogen) atoms. The number of esters is 1. The van der Waals surface area contributed by atoms with Crippen LogP contribution < -0.4 is 5.32 Å². The first-order valence-electron chi connectivity index (χ1n) is 7.05. The number of nitrogens with zero attached hydrogens (tertiary/aromatic N) is 1. The van der Waals surface area contributed by atoms with Crippen LogP contribution in [-0.2, 0) is 20.9 Å². The summed E-state index contributed by atoms with van der Waals surface area (Å²) in [6.07, 6.45) is 0.202. The van der Waals surface area contributed by atoms with E-state index in [0.29, 0.717) is 13.1 Å². The summed E-state index contributed by atoms with van der Waals surface area (Å²) >= 11 is 1.75. The zero-order valence-corrected chi connectivity index (χ0v) is 14.0. The highest BCUT2D eigenvalue weighted by molar-refractivity contribution is 7.11. The SMILES string of the molecule is COC(=O)CCNC(=O)CN(Cc1ccc(C)s1)C(C)C.